The minimum absolute atomic E-state index is 0.0811. The molecule has 1 aromatic heterocycles. The van der Waals surface area contributed by atoms with Crippen molar-refractivity contribution in [2.24, 2.45) is 0 Å². The van der Waals surface area contributed by atoms with Crippen LogP contribution in [0.4, 0.5) is 0 Å². The Morgan fingerprint density at radius 1 is 1.50 bits per heavy atom. The molecule has 0 aliphatic carbocycles. The average Bonchev–Trinajstić information content (AvgIpc) is 2.99. The minimum Gasteiger partial charge on any atom is -0.411 e. The lowest BCUT2D eigenvalue weighted by atomic mass is 10.2. The maximum Gasteiger partial charge on any atom is 0.277 e. The third-order valence-corrected chi connectivity index (χ3v) is 4.08. The molecule has 2 rings (SSSR count). The zero-order valence-corrected chi connectivity index (χ0v) is 14.2. The first-order valence-corrected chi connectivity index (χ1v) is 8.21. The van der Waals surface area contributed by atoms with E-state index in [1.807, 2.05) is 30.3 Å². The molecule has 0 aliphatic rings. The zero-order valence-electron chi connectivity index (χ0n) is 11.8. The van der Waals surface area contributed by atoms with Gasteiger partial charge in [0.15, 0.2) is 0 Å². The van der Waals surface area contributed by atoms with Gasteiger partial charge in [-0.2, -0.15) is 5.26 Å². The van der Waals surface area contributed by atoms with E-state index in [4.69, 9.17) is 9.68 Å². The Labute approximate surface area is 140 Å². The number of thioether (sulfide) groups is 1. The number of carbonyl (C=O) groups is 1. The molecule has 8 heteroatoms. The molecular weight excluding hydrogens is 368 g/mol. The van der Waals surface area contributed by atoms with Crippen LogP contribution in [-0.4, -0.2) is 40.3 Å². The van der Waals surface area contributed by atoms with Gasteiger partial charge in [-0.15, -0.1) is 10.2 Å². The van der Waals surface area contributed by atoms with Crippen molar-refractivity contribution in [2.75, 3.05) is 19.3 Å². The fourth-order valence-corrected chi connectivity index (χ4v) is 2.69. The summed E-state index contributed by atoms with van der Waals surface area (Å²) in [4.78, 5) is 13.4. The predicted octanol–water partition coefficient (Wildman–Crippen LogP) is 2.96. The second-order valence-corrected chi connectivity index (χ2v) is 6.24. The smallest absolute Gasteiger partial charge is 0.277 e. The molecule has 0 fully saturated rings. The van der Waals surface area contributed by atoms with Gasteiger partial charge in [0.1, 0.15) is 0 Å². The van der Waals surface area contributed by atoms with Crippen molar-refractivity contribution in [3.8, 4) is 17.5 Å². The van der Waals surface area contributed by atoms with Crippen LogP contribution in [0.15, 0.2) is 38.4 Å². The van der Waals surface area contributed by atoms with E-state index in [0.29, 0.717) is 24.1 Å². The molecule has 1 amide bonds. The molecule has 114 valence electrons. The van der Waals surface area contributed by atoms with E-state index < -0.39 is 0 Å². The van der Waals surface area contributed by atoms with Gasteiger partial charge in [0.2, 0.25) is 11.8 Å². The van der Waals surface area contributed by atoms with E-state index in [0.717, 1.165) is 10.0 Å². The van der Waals surface area contributed by atoms with E-state index in [2.05, 4.69) is 26.1 Å². The summed E-state index contributed by atoms with van der Waals surface area (Å²) in [6, 6.07) is 9.54. The van der Waals surface area contributed by atoms with Crippen LogP contribution < -0.4 is 0 Å². The molecule has 0 N–H and O–H groups in total. The molecule has 0 bridgehead atoms. The van der Waals surface area contributed by atoms with Crippen LogP contribution in [0.3, 0.4) is 0 Å². The Morgan fingerprint density at radius 2 is 2.32 bits per heavy atom. The van der Waals surface area contributed by atoms with Gasteiger partial charge in [0.05, 0.1) is 18.2 Å². The van der Waals surface area contributed by atoms with Crippen molar-refractivity contribution in [1.29, 1.82) is 5.26 Å². The van der Waals surface area contributed by atoms with Crippen molar-refractivity contribution in [3.05, 3.63) is 28.7 Å². The van der Waals surface area contributed by atoms with Crippen molar-refractivity contribution >= 4 is 33.6 Å². The number of hydrogen-bond donors (Lipinski definition) is 0. The highest BCUT2D eigenvalue weighted by Gasteiger charge is 2.13. The summed E-state index contributed by atoms with van der Waals surface area (Å²) < 4.78 is 6.46. The highest BCUT2D eigenvalue weighted by atomic mass is 79.9. The van der Waals surface area contributed by atoms with Crippen LogP contribution in [0, 0.1) is 11.3 Å². The highest BCUT2D eigenvalue weighted by molar-refractivity contribution is 9.10. The zero-order chi connectivity index (χ0) is 15.9. The first kappa shape index (κ1) is 16.5. The standard InChI is InChI=1S/C14H13BrN4O2S/c1-19(7-3-6-16)12(20)9-22-14-18-17-13(21-14)10-4-2-5-11(15)8-10/h2,4-5,8H,3,7,9H2,1H3. The number of hydrogen-bond acceptors (Lipinski definition) is 6. The van der Waals surface area contributed by atoms with Gasteiger partial charge in [-0.1, -0.05) is 33.8 Å². The topological polar surface area (TPSA) is 83.0 Å². The number of halogens is 1. The number of amides is 1. The first-order chi connectivity index (χ1) is 10.6. The molecule has 0 radical (unpaired) electrons. The number of benzene rings is 1. The van der Waals surface area contributed by atoms with Gasteiger partial charge in [-0.25, -0.2) is 0 Å². The van der Waals surface area contributed by atoms with Gasteiger partial charge in [-0.05, 0) is 18.2 Å². The molecule has 2 aromatic rings. The van der Waals surface area contributed by atoms with Crippen LogP contribution in [0.25, 0.3) is 11.5 Å². The third-order valence-electron chi connectivity index (χ3n) is 2.78. The monoisotopic (exact) mass is 380 g/mol. The van der Waals surface area contributed by atoms with Gasteiger partial charge in [-0.3, -0.25) is 4.79 Å². The summed E-state index contributed by atoms with van der Waals surface area (Å²) in [6.45, 7) is 0.420. The van der Waals surface area contributed by atoms with Crippen LogP contribution in [0.5, 0.6) is 0 Å². The van der Waals surface area contributed by atoms with E-state index in [1.54, 1.807) is 7.05 Å². The SMILES string of the molecule is CN(CCC#N)C(=O)CSc1nnc(-c2cccc(Br)c2)o1. The molecule has 6 nitrogen and oxygen atoms in total. The molecule has 0 spiro atoms. The molecule has 0 atom stereocenters. The van der Waals surface area contributed by atoms with Crippen molar-refractivity contribution in [3.63, 3.8) is 0 Å². The summed E-state index contributed by atoms with van der Waals surface area (Å²) >= 11 is 4.57. The molecule has 22 heavy (non-hydrogen) atoms. The van der Waals surface area contributed by atoms with E-state index >= 15 is 0 Å². The lowest BCUT2D eigenvalue weighted by Gasteiger charge is -2.13. The van der Waals surface area contributed by atoms with Crippen molar-refractivity contribution < 1.29 is 9.21 Å². The molecule has 0 saturated heterocycles. The second kappa shape index (κ2) is 7.96. The van der Waals surface area contributed by atoms with E-state index in [9.17, 15) is 4.79 Å². The Morgan fingerprint density at radius 3 is 3.05 bits per heavy atom. The number of carbonyl (C=O) groups excluding carboxylic acids is 1. The van der Waals surface area contributed by atoms with Crippen LogP contribution >= 0.6 is 27.7 Å². The highest BCUT2D eigenvalue weighted by Crippen LogP contribution is 2.25. The quantitative estimate of drug-likeness (QED) is 0.716. The molecular formula is C14H13BrN4O2S. The number of nitriles is 1. The van der Waals surface area contributed by atoms with E-state index in [-0.39, 0.29) is 11.7 Å². The maximum absolute atomic E-state index is 11.8. The fraction of sp³-hybridized carbons (Fsp3) is 0.286. The van der Waals surface area contributed by atoms with Crippen molar-refractivity contribution in [2.45, 2.75) is 11.6 Å². The Hall–Kier alpha value is -1.85. The van der Waals surface area contributed by atoms with E-state index in [1.165, 1.54) is 16.7 Å². The van der Waals surface area contributed by atoms with Crippen LogP contribution in [0.2, 0.25) is 0 Å². The van der Waals surface area contributed by atoms with Gasteiger partial charge in [0, 0.05) is 23.6 Å². The maximum atomic E-state index is 11.8. The summed E-state index contributed by atoms with van der Waals surface area (Å²) in [5.74, 6) is 0.527. The number of rotatable bonds is 6. The summed E-state index contributed by atoms with van der Waals surface area (Å²) in [5.41, 5.74) is 0.811. The first-order valence-electron chi connectivity index (χ1n) is 6.43. The molecule has 0 unspecified atom stereocenters. The molecule has 0 aliphatic heterocycles. The minimum atomic E-state index is -0.0811. The number of aromatic nitrogens is 2. The lowest BCUT2D eigenvalue weighted by molar-refractivity contribution is -0.127. The Kier molecular flexibility index (Phi) is 5.98. The number of nitrogens with zero attached hydrogens (tertiary/aromatic N) is 4. The molecule has 1 aromatic carbocycles. The molecule has 1 heterocycles. The average molecular weight is 381 g/mol. The van der Waals surface area contributed by atoms with Crippen LogP contribution in [-0.2, 0) is 4.79 Å². The predicted molar refractivity (Wildman–Crippen MR) is 86.0 cm³/mol. The van der Waals surface area contributed by atoms with Crippen LogP contribution in [0.1, 0.15) is 6.42 Å². The van der Waals surface area contributed by atoms with Gasteiger partial charge in [0.25, 0.3) is 5.22 Å². The summed E-state index contributed by atoms with van der Waals surface area (Å²) in [6.07, 6.45) is 0.320. The van der Waals surface area contributed by atoms with Gasteiger partial charge < -0.3 is 9.32 Å². The Bertz CT molecular complexity index is 698. The lowest BCUT2D eigenvalue weighted by Crippen LogP contribution is -2.29. The van der Waals surface area contributed by atoms with Crippen molar-refractivity contribution in [1.82, 2.24) is 15.1 Å². The normalized spacial score (nSPS) is 10.2. The third kappa shape index (κ3) is 4.58. The second-order valence-electron chi connectivity index (χ2n) is 4.40. The van der Waals surface area contributed by atoms with Gasteiger partial charge >= 0.3 is 0 Å². The fourth-order valence-electron chi connectivity index (χ4n) is 1.58. The largest absolute Gasteiger partial charge is 0.411 e. The molecule has 0 saturated carbocycles. The summed E-state index contributed by atoms with van der Waals surface area (Å²) in [5, 5.41) is 16.7. The Balaban J connectivity index is 1.93. The summed E-state index contributed by atoms with van der Waals surface area (Å²) in [7, 11) is 1.67.